The van der Waals surface area contributed by atoms with Crippen LogP contribution in [-0.4, -0.2) is 41.6 Å². The van der Waals surface area contributed by atoms with Crippen LogP contribution >= 0.6 is 0 Å². The number of amides is 1. The third kappa shape index (κ3) is 4.04. The Kier molecular flexibility index (Phi) is 4.55. The van der Waals surface area contributed by atoms with Gasteiger partial charge in [0.25, 0.3) is 0 Å². The van der Waals surface area contributed by atoms with Crippen molar-refractivity contribution in [2.24, 2.45) is 11.7 Å². The minimum absolute atomic E-state index is 0.0486. The molecule has 1 aromatic rings. The second-order valence-electron chi connectivity index (χ2n) is 5.34. The van der Waals surface area contributed by atoms with Crippen molar-refractivity contribution >= 4 is 11.7 Å². The van der Waals surface area contributed by atoms with E-state index in [9.17, 15) is 4.79 Å². The molecule has 19 heavy (non-hydrogen) atoms. The van der Waals surface area contributed by atoms with E-state index >= 15 is 0 Å². The smallest absolute Gasteiger partial charge is 0.239 e. The lowest BCUT2D eigenvalue weighted by atomic mass is 9.91. The number of nitrogens with two attached hydrogens (primary N) is 1. The van der Waals surface area contributed by atoms with Gasteiger partial charge < -0.3 is 15.6 Å². The highest BCUT2D eigenvalue weighted by molar-refractivity contribution is 5.91. The fourth-order valence-corrected chi connectivity index (χ4v) is 2.45. The van der Waals surface area contributed by atoms with Crippen LogP contribution in [0.3, 0.4) is 0 Å². The van der Waals surface area contributed by atoms with E-state index in [0.717, 1.165) is 25.9 Å². The summed E-state index contributed by atoms with van der Waals surface area (Å²) in [4.78, 5) is 14.0. The summed E-state index contributed by atoms with van der Waals surface area (Å²) < 4.78 is 4.90. The maximum atomic E-state index is 11.8. The monoisotopic (exact) mass is 266 g/mol. The minimum Gasteiger partial charge on any atom is -0.360 e. The van der Waals surface area contributed by atoms with Crippen molar-refractivity contribution in [3.8, 4) is 0 Å². The summed E-state index contributed by atoms with van der Waals surface area (Å²) >= 11 is 0. The number of carbonyl (C=O) groups excluding carboxylic acids is 1. The van der Waals surface area contributed by atoms with Crippen LogP contribution in [-0.2, 0) is 4.79 Å². The summed E-state index contributed by atoms with van der Waals surface area (Å²) in [6.45, 7) is 6.11. The van der Waals surface area contributed by atoms with Gasteiger partial charge in [0, 0.05) is 12.1 Å². The molecule has 6 heteroatoms. The Hall–Kier alpha value is -1.40. The Morgan fingerprint density at radius 3 is 2.84 bits per heavy atom. The number of carbonyl (C=O) groups is 1. The Morgan fingerprint density at radius 2 is 2.32 bits per heavy atom. The van der Waals surface area contributed by atoms with E-state index in [0.29, 0.717) is 24.0 Å². The average Bonchev–Trinajstić information content (AvgIpc) is 2.75. The summed E-state index contributed by atoms with van der Waals surface area (Å²) in [6.07, 6.45) is 2.13. The molecule has 1 saturated heterocycles. The zero-order valence-electron chi connectivity index (χ0n) is 11.6. The normalized spacial score (nSPS) is 19.3. The van der Waals surface area contributed by atoms with Gasteiger partial charge in [-0.1, -0.05) is 5.16 Å². The molecule has 1 amide bonds. The molecule has 1 aromatic heterocycles. The lowest BCUT2D eigenvalue weighted by molar-refractivity contribution is -0.117. The Balaban J connectivity index is 1.75. The first-order valence-corrected chi connectivity index (χ1v) is 6.75. The molecule has 1 aliphatic heterocycles. The molecule has 3 N–H and O–H groups in total. The van der Waals surface area contributed by atoms with Crippen molar-refractivity contribution in [2.45, 2.75) is 32.7 Å². The van der Waals surface area contributed by atoms with Gasteiger partial charge in [-0.3, -0.25) is 9.69 Å². The fourth-order valence-electron chi connectivity index (χ4n) is 2.45. The third-order valence-electron chi connectivity index (χ3n) is 3.64. The Bertz CT molecular complexity index is 422. The first-order valence-electron chi connectivity index (χ1n) is 6.75. The van der Waals surface area contributed by atoms with Crippen LogP contribution in [0, 0.1) is 12.8 Å². The van der Waals surface area contributed by atoms with Crippen molar-refractivity contribution in [2.75, 3.05) is 25.0 Å². The first-order chi connectivity index (χ1) is 9.04. The van der Waals surface area contributed by atoms with Gasteiger partial charge in [0.15, 0.2) is 5.82 Å². The number of anilines is 1. The van der Waals surface area contributed by atoms with Gasteiger partial charge in [-0.05, 0) is 45.7 Å². The van der Waals surface area contributed by atoms with E-state index < -0.39 is 0 Å². The quantitative estimate of drug-likeness (QED) is 0.848. The zero-order chi connectivity index (χ0) is 13.8. The van der Waals surface area contributed by atoms with E-state index in [1.807, 2.05) is 0 Å². The summed E-state index contributed by atoms with van der Waals surface area (Å²) in [6, 6.07) is 1.95. The van der Waals surface area contributed by atoms with Crippen LogP contribution in [0.1, 0.15) is 25.5 Å². The molecule has 6 nitrogen and oxygen atoms in total. The van der Waals surface area contributed by atoms with Gasteiger partial charge in [0.05, 0.1) is 6.54 Å². The maximum absolute atomic E-state index is 11.8. The molecule has 1 atom stereocenters. The highest BCUT2D eigenvalue weighted by atomic mass is 16.5. The number of hydrogen-bond donors (Lipinski definition) is 2. The molecule has 0 aromatic carbocycles. The molecular formula is C13H22N4O2. The highest BCUT2D eigenvalue weighted by Crippen LogP contribution is 2.19. The summed E-state index contributed by atoms with van der Waals surface area (Å²) in [5.41, 5.74) is 5.90. The molecule has 0 bridgehead atoms. The zero-order valence-corrected chi connectivity index (χ0v) is 11.6. The number of nitrogens with zero attached hydrogens (tertiary/aromatic N) is 2. The summed E-state index contributed by atoms with van der Waals surface area (Å²) in [7, 11) is 0. The molecule has 2 heterocycles. The van der Waals surface area contributed by atoms with E-state index in [1.54, 1.807) is 13.0 Å². The largest absolute Gasteiger partial charge is 0.360 e. The minimum atomic E-state index is -0.0486. The molecule has 1 unspecified atom stereocenters. The van der Waals surface area contributed by atoms with Crippen LogP contribution < -0.4 is 11.1 Å². The van der Waals surface area contributed by atoms with Gasteiger partial charge in [-0.2, -0.15) is 0 Å². The van der Waals surface area contributed by atoms with Crippen molar-refractivity contribution in [3.63, 3.8) is 0 Å². The van der Waals surface area contributed by atoms with Gasteiger partial charge >= 0.3 is 0 Å². The van der Waals surface area contributed by atoms with Crippen molar-refractivity contribution in [3.05, 3.63) is 11.8 Å². The standard InChI is InChI=1S/C13H22N4O2/c1-9-7-12(16-19-9)15-13(18)8-17-5-3-11(4-6-17)10(2)14/h7,10-11H,3-6,8,14H2,1-2H3,(H,15,16,18). The predicted molar refractivity (Wildman–Crippen MR) is 72.7 cm³/mol. The summed E-state index contributed by atoms with van der Waals surface area (Å²) in [5.74, 6) is 1.70. The summed E-state index contributed by atoms with van der Waals surface area (Å²) in [5, 5.41) is 6.48. The Labute approximate surface area is 113 Å². The van der Waals surface area contributed by atoms with Crippen molar-refractivity contribution in [1.82, 2.24) is 10.1 Å². The number of nitrogens with one attached hydrogen (secondary N) is 1. The average molecular weight is 266 g/mol. The fraction of sp³-hybridized carbons (Fsp3) is 0.692. The molecule has 106 valence electrons. The van der Waals surface area contributed by atoms with Gasteiger partial charge in [-0.25, -0.2) is 0 Å². The third-order valence-corrected chi connectivity index (χ3v) is 3.64. The second kappa shape index (κ2) is 6.16. The van der Waals surface area contributed by atoms with Gasteiger partial charge in [0.2, 0.25) is 5.91 Å². The molecule has 0 aliphatic carbocycles. The van der Waals surface area contributed by atoms with Crippen LogP contribution in [0.5, 0.6) is 0 Å². The van der Waals surface area contributed by atoms with E-state index in [2.05, 4.69) is 22.3 Å². The first kappa shape index (κ1) is 14.0. The SMILES string of the molecule is Cc1cc(NC(=O)CN2CCC(C(C)N)CC2)no1. The number of aryl methyl sites for hydroxylation is 1. The number of hydrogen-bond acceptors (Lipinski definition) is 5. The lowest BCUT2D eigenvalue weighted by Crippen LogP contribution is -2.42. The van der Waals surface area contributed by atoms with Crippen LogP contribution in [0.25, 0.3) is 0 Å². The molecule has 1 fully saturated rings. The van der Waals surface area contributed by atoms with E-state index in [4.69, 9.17) is 10.3 Å². The molecule has 0 radical (unpaired) electrons. The lowest BCUT2D eigenvalue weighted by Gasteiger charge is -2.33. The number of aromatic nitrogens is 1. The van der Waals surface area contributed by atoms with Gasteiger partial charge in [-0.15, -0.1) is 0 Å². The van der Waals surface area contributed by atoms with Crippen LogP contribution in [0.4, 0.5) is 5.82 Å². The molecule has 2 rings (SSSR count). The maximum Gasteiger partial charge on any atom is 0.239 e. The Morgan fingerprint density at radius 1 is 1.63 bits per heavy atom. The molecule has 0 spiro atoms. The van der Waals surface area contributed by atoms with Crippen molar-refractivity contribution in [1.29, 1.82) is 0 Å². The predicted octanol–water partition coefficient (Wildman–Crippen LogP) is 0.981. The molecule has 0 saturated carbocycles. The van der Waals surface area contributed by atoms with Crippen molar-refractivity contribution < 1.29 is 9.32 Å². The van der Waals surface area contributed by atoms with E-state index in [1.165, 1.54) is 0 Å². The number of likely N-dealkylation sites (tertiary alicyclic amines) is 1. The van der Waals surface area contributed by atoms with Gasteiger partial charge in [0.1, 0.15) is 5.76 Å². The van der Waals surface area contributed by atoms with Crippen LogP contribution in [0.15, 0.2) is 10.6 Å². The number of rotatable bonds is 4. The van der Waals surface area contributed by atoms with Crippen LogP contribution in [0.2, 0.25) is 0 Å². The highest BCUT2D eigenvalue weighted by Gasteiger charge is 2.23. The molecule has 1 aliphatic rings. The topological polar surface area (TPSA) is 84.4 Å². The molecular weight excluding hydrogens is 244 g/mol. The van der Waals surface area contributed by atoms with E-state index in [-0.39, 0.29) is 11.9 Å². The second-order valence-corrected chi connectivity index (χ2v) is 5.34. The number of piperidine rings is 1.